The van der Waals surface area contributed by atoms with Crippen molar-refractivity contribution >= 4 is 11.2 Å². The lowest BCUT2D eigenvalue weighted by atomic mass is 9.95. The van der Waals surface area contributed by atoms with Gasteiger partial charge in [0.2, 0.25) is 0 Å². The van der Waals surface area contributed by atoms with Crippen LogP contribution in [0.1, 0.15) is 25.7 Å². The van der Waals surface area contributed by atoms with Crippen molar-refractivity contribution in [3.8, 4) is 6.01 Å². The van der Waals surface area contributed by atoms with E-state index in [-0.39, 0.29) is 5.54 Å². The zero-order valence-corrected chi connectivity index (χ0v) is 10.8. The van der Waals surface area contributed by atoms with Gasteiger partial charge in [-0.3, -0.25) is 4.90 Å². The summed E-state index contributed by atoms with van der Waals surface area (Å²) in [4.78, 5) is 18.2. The first-order valence-corrected chi connectivity index (χ1v) is 6.90. The van der Waals surface area contributed by atoms with Gasteiger partial charge in [-0.2, -0.15) is 4.98 Å². The Hall–Kier alpha value is -1.69. The highest BCUT2D eigenvalue weighted by atomic mass is 16.5. The minimum Gasteiger partial charge on any atom is -0.461 e. The Bertz CT molecular complexity index is 585. The fraction of sp³-hybridized carbons (Fsp3) is 0.615. The first kappa shape index (κ1) is 11.2. The summed E-state index contributed by atoms with van der Waals surface area (Å²) in [7, 11) is 0. The summed E-state index contributed by atoms with van der Waals surface area (Å²) in [6.07, 6.45) is 8.36. The molecule has 0 unspecified atom stereocenters. The highest BCUT2D eigenvalue weighted by Gasteiger charge is 2.44. The van der Waals surface area contributed by atoms with Crippen molar-refractivity contribution in [1.82, 2.24) is 24.8 Å². The molecule has 0 bridgehead atoms. The summed E-state index contributed by atoms with van der Waals surface area (Å²) in [5.74, 6) is 0. The van der Waals surface area contributed by atoms with Gasteiger partial charge >= 0.3 is 6.01 Å². The molecule has 2 aliphatic rings. The summed E-state index contributed by atoms with van der Waals surface area (Å²) in [6.45, 7) is 3.13. The molecule has 2 aromatic heterocycles. The molecule has 0 radical (unpaired) electrons. The SMILES string of the molecule is c1nc2cnc(OCC34CCCN3CCC4)nc2[nH]1. The number of ether oxygens (including phenoxy) is 1. The highest BCUT2D eigenvalue weighted by molar-refractivity contribution is 5.68. The van der Waals surface area contributed by atoms with E-state index in [2.05, 4.69) is 24.8 Å². The van der Waals surface area contributed by atoms with Crippen LogP contribution in [0.5, 0.6) is 6.01 Å². The van der Waals surface area contributed by atoms with Gasteiger partial charge < -0.3 is 9.72 Å². The topological polar surface area (TPSA) is 66.9 Å². The molecular weight excluding hydrogens is 242 g/mol. The lowest BCUT2D eigenvalue weighted by Crippen LogP contribution is -2.43. The first-order valence-electron chi connectivity index (χ1n) is 6.90. The molecule has 4 heterocycles. The number of nitrogens with one attached hydrogen (secondary N) is 1. The van der Waals surface area contributed by atoms with Crippen LogP contribution in [0.3, 0.4) is 0 Å². The number of rotatable bonds is 3. The van der Waals surface area contributed by atoms with Gasteiger partial charge in [-0.05, 0) is 38.8 Å². The van der Waals surface area contributed by atoms with Gasteiger partial charge in [0.15, 0.2) is 5.65 Å². The van der Waals surface area contributed by atoms with Crippen molar-refractivity contribution in [3.63, 3.8) is 0 Å². The minimum absolute atomic E-state index is 0.242. The van der Waals surface area contributed by atoms with E-state index in [1.165, 1.54) is 38.8 Å². The summed E-state index contributed by atoms with van der Waals surface area (Å²) in [6, 6.07) is 0.449. The Morgan fingerprint density at radius 1 is 1.26 bits per heavy atom. The van der Waals surface area contributed by atoms with Crippen LogP contribution in [0.4, 0.5) is 0 Å². The average molecular weight is 259 g/mol. The Balaban J connectivity index is 1.52. The van der Waals surface area contributed by atoms with E-state index < -0.39 is 0 Å². The minimum atomic E-state index is 0.242. The number of fused-ring (bicyclic) bond motifs is 2. The molecule has 1 N–H and O–H groups in total. The van der Waals surface area contributed by atoms with E-state index in [1.54, 1.807) is 12.5 Å². The third-order valence-corrected chi connectivity index (χ3v) is 4.43. The zero-order chi connectivity index (χ0) is 12.7. The van der Waals surface area contributed by atoms with Crippen LogP contribution in [-0.2, 0) is 0 Å². The maximum atomic E-state index is 5.86. The number of aromatic amines is 1. The zero-order valence-electron chi connectivity index (χ0n) is 10.8. The number of hydrogen-bond donors (Lipinski definition) is 1. The van der Waals surface area contributed by atoms with Crippen molar-refractivity contribution in [1.29, 1.82) is 0 Å². The molecule has 6 nitrogen and oxygen atoms in total. The molecule has 0 saturated carbocycles. The molecule has 0 aromatic carbocycles. The Labute approximate surface area is 111 Å². The summed E-state index contributed by atoms with van der Waals surface area (Å²) in [5.41, 5.74) is 1.75. The monoisotopic (exact) mass is 259 g/mol. The number of imidazole rings is 1. The highest BCUT2D eigenvalue weighted by Crippen LogP contribution is 2.38. The van der Waals surface area contributed by atoms with Gasteiger partial charge in [-0.1, -0.05) is 0 Å². The fourth-order valence-corrected chi connectivity index (χ4v) is 3.45. The lowest BCUT2D eigenvalue weighted by molar-refractivity contribution is 0.108. The van der Waals surface area contributed by atoms with Gasteiger partial charge in [-0.25, -0.2) is 9.97 Å². The molecule has 2 fully saturated rings. The molecule has 100 valence electrons. The molecule has 2 aromatic rings. The molecule has 0 spiro atoms. The number of H-pyrrole nitrogens is 1. The number of nitrogens with zero attached hydrogens (tertiary/aromatic N) is 4. The third-order valence-electron chi connectivity index (χ3n) is 4.43. The smallest absolute Gasteiger partial charge is 0.318 e. The maximum Gasteiger partial charge on any atom is 0.318 e. The largest absolute Gasteiger partial charge is 0.461 e. The molecule has 2 aliphatic heterocycles. The van der Waals surface area contributed by atoms with Gasteiger partial charge in [0, 0.05) is 0 Å². The van der Waals surface area contributed by atoms with Gasteiger partial charge in [-0.15, -0.1) is 0 Å². The maximum absolute atomic E-state index is 5.86. The van der Waals surface area contributed by atoms with Gasteiger partial charge in [0.05, 0.1) is 18.1 Å². The van der Waals surface area contributed by atoms with Crippen LogP contribution in [0.15, 0.2) is 12.5 Å². The van der Waals surface area contributed by atoms with Gasteiger partial charge in [0.1, 0.15) is 12.1 Å². The van der Waals surface area contributed by atoms with E-state index in [4.69, 9.17) is 4.74 Å². The van der Waals surface area contributed by atoms with E-state index in [0.29, 0.717) is 12.6 Å². The van der Waals surface area contributed by atoms with Crippen LogP contribution >= 0.6 is 0 Å². The van der Waals surface area contributed by atoms with Crippen LogP contribution in [-0.4, -0.2) is 50.1 Å². The van der Waals surface area contributed by atoms with E-state index in [9.17, 15) is 0 Å². The second-order valence-corrected chi connectivity index (χ2v) is 5.50. The quantitative estimate of drug-likeness (QED) is 0.901. The standard InChI is InChI=1S/C13H17N5O/c1-3-13(4-2-6-18(13)5-1)8-19-12-14-7-10-11(17-12)16-9-15-10/h7,9H,1-6,8H2,(H,14,15,16,17). The Kier molecular flexibility index (Phi) is 2.44. The Morgan fingerprint density at radius 3 is 2.95 bits per heavy atom. The van der Waals surface area contributed by atoms with E-state index in [1.807, 2.05) is 0 Å². The average Bonchev–Trinajstić information content (AvgIpc) is 3.10. The van der Waals surface area contributed by atoms with Crippen LogP contribution < -0.4 is 4.74 Å². The number of aromatic nitrogens is 4. The molecular formula is C13H17N5O. The predicted molar refractivity (Wildman–Crippen MR) is 70.0 cm³/mol. The van der Waals surface area contributed by atoms with Crippen molar-refractivity contribution < 1.29 is 4.74 Å². The molecule has 0 aliphatic carbocycles. The molecule has 4 rings (SSSR count). The molecule has 0 atom stereocenters. The predicted octanol–water partition coefficient (Wildman–Crippen LogP) is 1.36. The number of hydrogen-bond acceptors (Lipinski definition) is 5. The molecule has 19 heavy (non-hydrogen) atoms. The van der Waals surface area contributed by atoms with Crippen molar-refractivity contribution in [3.05, 3.63) is 12.5 Å². The van der Waals surface area contributed by atoms with Crippen LogP contribution in [0, 0.1) is 0 Å². The second kappa shape index (κ2) is 4.16. The Morgan fingerprint density at radius 2 is 2.11 bits per heavy atom. The lowest BCUT2D eigenvalue weighted by Gasteiger charge is -2.31. The molecule has 2 saturated heterocycles. The summed E-state index contributed by atoms with van der Waals surface area (Å²) >= 11 is 0. The summed E-state index contributed by atoms with van der Waals surface area (Å²) in [5, 5.41) is 0. The van der Waals surface area contributed by atoms with E-state index >= 15 is 0 Å². The van der Waals surface area contributed by atoms with Crippen LogP contribution in [0.25, 0.3) is 11.2 Å². The van der Waals surface area contributed by atoms with Crippen LogP contribution in [0.2, 0.25) is 0 Å². The second-order valence-electron chi connectivity index (χ2n) is 5.50. The third kappa shape index (κ3) is 1.78. The summed E-state index contributed by atoms with van der Waals surface area (Å²) < 4.78 is 5.86. The normalized spacial score (nSPS) is 21.9. The van der Waals surface area contributed by atoms with Crippen molar-refractivity contribution in [2.24, 2.45) is 0 Å². The molecule has 6 heteroatoms. The molecule has 0 amide bonds. The van der Waals surface area contributed by atoms with Crippen molar-refractivity contribution in [2.75, 3.05) is 19.7 Å². The first-order chi connectivity index (χ1) is 9.36. The van der Waals surface area contributed by atoms with Crippen molar-refractivity contribution in [2.45, 2.75) is 31.2 Å². The fourth-order valence-electron chi connectivity index (χ4n) is 3.45. The van der Waals surface area contributed by atoms with E-state index in [0.717, 1.165) is 11.2 Å². The van der Waals surface area contributed by atoms with Gasteiger partial charge in [0.25, 0.3) is 0 Å².